The normalized spacial score (nSPS) is 30.4. The lowest BCUT2D eigenvalue weighted by molar-refractivity contribution is -0.169. The van der Waals surface area contributed by atoms with Crippen LogP contribution in [0.4, 0.5) is 5.69 Å². The van der Waals surface area contributed by atoms with E-state index in [1.807, 2.05) is 48.5 Å². The van der Waals surface area contributed by atoms with Crippen molar-refractivity contribution in [2.75, 3.05) is 12.5 Å². The lowest BCUT2D eigenvalue weighted by atomic mass is 9.40. The fourth-order valence-corrected chi connectivity index (χ4v) is 8.47. The maximum absolute atomic E-state index is 13.7. The van der Waals surface area contributed by atoms with Crippen LogP contribution in [0.15, 0.2) is 59.4 Å². The van der Waals surface area contributed by atoms with E-state index >= 15 is 0 Å². The molecule has 2 atom stereocenters. The number of rotatable bonds is 6. The third-order valence-corrected chi connectivity index (χ3v) is 8.95. The molecule has 1 aromatic heterocycles. The number of carbonyl (C=O) groups is 1. The highest BCUT2D eigenvalue weighted by Gasteiger charge is 2.62. The van der Waals surface area contributed by atoms with Crippen LogP contribution >= 0.6 is 0 Å². The van der Waals surface area contributed by atoms with Crippen LogP contribution < -0.4 is 21.1 Å². The third-order valence-electron chi connectivity index (χ3n) is 8.95. The number of benzene rings is 2. The summed E-state index contributed by atoms with van der Waals surface area (Å²) in [6.45, 7) is 5.23. The van der Waals surface area contributed by atoms with Crippen molar-refractivity contribution in [1.29, 1.82) is 0 Å². The summed E-state index contributed by atoms with van der Waals surface area (Å²) < 4.78 is 7.02. The molecule has 188 valence electrons. The van der Waals surface area contributed by atoms with Gasteiger partial charge in [0.25, 0.3) is 5.56 Å². The van der Waals surface area contributed by atoms with E-state index in [-0.39, 0.29) is 27.7 Å². The molecule has 36 heavy (non-hydrogen) atoms. The van der Waals surface area contributed by atoms with Crippen LogP contribution in [0.25, 0.3) is 10.9 Å². The predicted octanol–water partition coefficient (Wildman–Crippen LogP) is 5.50. The van der Waals surface area contributed by atoms with E-state index in [2.05, 4.69) is 24.7 Å². The molecule has 7 rings (SSSR count). The summed E-state index contributed by atoms with van der Waals surface area (Å²) >= 11 is 0. The van der Waals surface area contributed by atoms with Crippen molar-refractivity contribution in [3.8, 4) is 5.75 Å². The van der Waals surface area contributed by atoms with Crippen LogP contribution in [-0.4, -0.2) is 17.6 Å². The Labute approximate surface area is 212 Å². The summed E-state index contributed by atoms with van der Waals surface area (Å²) in [7, 11) is 1.64. The first-order valence-corrected chi connectivity index (χ1v) is 13.0. The molecule has 1 amide bonds. The van der Waals surface area contributed by atoms with E-state index in [4.69, 9.17) is 4.74 Å². The number of carbonyl (C=O) groups excluding carboxylic acids is 1. The summed E-state index contributed by atoms with van der Waals surface area (Å²) in [5, 5.41) is 0.898. The molecule has 2 unspecified atom stereocenters. The molecule has 6 heteroatoms. The number of fused-ring (bicyclic) bond motifs is 1. The Morgan fingerprint density at radius 1 is 0.972 bits per heavy atom. The number of ether oxygens (including phenoxy) is 1. The number of hydrogen-bond donors (Lipinski definition) is 2. The van der Waals surface area contributed by atoms with Crippen molar-refractivity contribution in [1.82, 2.24) is 9.99 Å². The van der Waals surface area contributed by atoms with Crippen LogP contribution in [0, 0.1) is 22.2 Å². The number of hydrogen-bond acceptors (Lipinski definition) is 4. The number of methoxy groups -OCH3 is 1. The van der Waals surface area contributed by atoms with Gasteiger partial charge in [-0.1, -0.05) is 32.0 Å². The Morgan fingerprint density at radius 2 is 1.69 bits per heavy atom. The first-order chi connectivity index (χ1) is 17.2. The van der Waals surface area contributed by atoms with Crippen LogP contribution in [0.3, 0.4) is 0 Å². The Morgan fingerprint density at radius 3 is 2.36 bits per heavy atom. The zero-order valence-electron chi connectivity index (χ0n) is 21.4. The van der Waals surface area contributed by atoms with E-state index in [0.717, 1.165) is 47.2 Å². The fraction of sp³-hybridized carbons (Fsp3) is 0.467. The van der Waals surface area contributed by atoms with Crippen molar-refractivity contribution in [2.45, 2.75) is 58.9 Å². The molecule has 3 aromatic rings. The van der Waals surface area contributed by atoms with Crippen molar-refractivity contribution >= 4 is 22.5 Å². The van der Waals surface area contributed by atoms with Gasteiger partial charge < -0.3 is 9.30 Å². The molecule has 0 saturated heterocycles. The molecule has 0 aliphatic heterocycles. The quantitative estimate of drug-likeness (QED) is 0.453. The topological polar surface area (TPSA) is 72.4 Å². The van der Waals surface area contributed by atoms with Crippen LogP contribution in [0.5, 0.6) is 5.75 Å². The second kappa shape index (κ2) is 8.12. The molecule has 0 radical (unpaired) electrons. The summed E-state index contributed by atoms with van der Waals surface area (Å²) in [4.78, 5) is 26.5. The van der Waals surface area contributed by atoms with Gasteiger partial charge in [-0.2, -0.15) is 0 Å². The van der Waals surface area contributed by atoms with Crippen LogP contribution in [0.1, 0.15) is 57.9 Å². The van der Waals surface area contributed by atoms with Gasteiger partial charge in [0.05, 0.1) is 30.3 Å². The van der Waals surface area contributed by atoms with Crippen molar-refractivity contribution in [3.63, 3.8) is 0 Å². The monoisotopic (exact) mass is 485 g/mol. The first-order valence-electron chi connectivity index (χ1n) is 13.0. The van der Waals surface area contributed by atoms with Gasteiger partial charge in [0.15, 0.2) is 0 Å². The zero-order chi connectivity index (χ0) is 25.1. The summed E-state index contributed by atoms with van der Waals surface area (Å²) in [6, 6.07) is 17.0. The Hall–Kier alpha value is -3.28. The molecule has 6 nitrogen and oxygen atoms in total. The summed E-state index contributed by atoms with van der Waals surface area (Å²) in [6.07, 6.45) is 6.74. The standard InChI is InChI=1S/C30H35N3O3/c1-28-13-21-14-29(2,17-28)19-30(15-21,18-28)27(35)32-31-24-5-4-6-25-23(24)11-12-26(34)33(25)16-20-7-9-22(36-3)10-8-20/h4-12,21,31H,13-19H2,1-3H3,(H,32,35). The smallest absolute Gasteiger partial charge is 0.251 e. The number of amides is 1. The van der Waals surface area contributed by atoms with Crippen molar-refractivity contribution in [2.24, 2.45) is 22.2 Å². The number of nitrogens with zero attached hydrogens (tertiary/aromatic N) is 1. The van der Waals surface area contributed by atoms with Gasteiger partial charge >= 0.3 is 0 Å². The molecule has 4 aliphatic rings. The Balaban J connectivity index is 1.25. The SMILES string of the molecule is COc1ccc(Cn2c(=O)ccc3c(NNC(=O)C45CC6CC(C)(CC(C)(C6)C4)C5)cccc32)cc1. The molecule has 4 saturated carbocycles. The second-order valence-corrected chi connectivity index (χ2v) is 12.3. The minimum Gasteiger partial charge on any atom is -0.497 e. The van der Waals surface area contributed by atoms with Gasteiger partial charge in [-0.15, -0.1) is 0 Å². The largest absolute Gasteiger partial charge is 0.497 e. The fourth-order valence-electron chi connectivity index (χ4n) is 8.47. The Kier molecular flexibility index (Phi) is 5.22. The highest BCUT2D eigenvalue weighted by Crippen LogP contribution is 2.69. The van der Waals surface area contributed by atoms with Crippen molar-refractivity contribution in [3.05, 3.63) is 70.5 Å². The molecular formula is C30H35N3O3. The van der Waals surface area contributed by atoms with E-state index in [1.165, 1.54) is 19.3 Å². The summed E-state index contributed by atoms with van der Waals surface area (Å²) in [5.41, 5.74) is 9.18. The molecule has 2 aromatic carbocycles. The molecule has 4 bridgehead atoms. The second-order valence-electron chi connectivity index (χ2n) is 12.3. The van der Waals surface area contributed by atoms with E-state index in [0.29, 0.717) is 12.5 Å². The van der Waals surface area contributed by atoms with Gasteiger partial charge in [0, 0.05) is 11.5 Å². The Bertz CT molecular complexity index is 1370. The van der Waals surface area contributed by atoms with Crippen LogP contribution in [0.2, 0.25) is 0 Å². The number of anilines is 1. The highest BCUT2D eigenvalue weighted by atomic mass is 16.5. The van der Waals surface area contributed by atoms with Crippen LogP contribution in [-0.2, 0) is 11.3 Å². The highest BCUT2D eigenvalue weighted by molar-refractivity contribution is 5.93. The average Bonchev–Trinajstić information content (AvgIpc) is 2.82. The maximum atomic E-state index is 13.7. The number of nitrogens with one attached hydrogen (secondary N) is 2. The minimum atomic E-state index is -0.281. The van der Waals surface area contributed by atoms with E-state index in [1.54, 1.807) is 17.7 Å². The molecule has 0 spiro atoms. The molecule has 2 N–H and O–H groups in total. The van der Waals surface area contributed by atoms with Gasteiger partial charge in [-0.3, -0.25) is 20.4 Å². The molecular weight excluding hydrogens is 450 g/mol. The number of hydrazine groups is 1. The van der Waals surface area contributed by atoms with Gasteiger partial charge in [0.2, 0.25) is 5.91 Å². The number of aromatic nitrogens is 1. The number of pyridine rings is 1. The average molecular weight is 486 g/mol. The third kappa shape index (κ3) is 3.87. The zero-order valence-corrected chi connectivity index (χ0v) is 21.4. The van der Waals surface area contributed by atoms with E-state index < -0.39 is 0 Å². The lowest BCUT2D eigenvalue weighted by Crippen LogP contribution is -2.60. The summed E-state index contributed by atoms with van der Waals surface area (Å²) in [5.74, 6) is 1.56. The first kappa shape index (κ1) is 23.1. The van der Waals surface area contributed by atoms with Crippen molar-refractivity contribution < 1.29 is 9.53 Å². The minimum absolute atomic E-state index is 0.0606. The molecule has 1 heterocycles. The lowest BCUT2D eigenvalue weighted by Gasteiger charge is -2.64. The van der Waals surface area contributed by atoms with Gasteiger partial charge in [-0.25, -0.2) is 0 Å². The molecule has 4 aliphatic carbocycles. The molecule has 4 fully saturated rings. The van der Waals surface area contributed by atoms with Gasteiger partial charge in [-0.05, 0) is 91.2 Å². The van der Waals surface area contributed by atoms with Gasteiger partial charge in [0.1, 0.15) is 5.75 Å². The maximum Gasteiger partial charge on any atom is 0.251 e. The van der Waals surface area contributed by atoms with E-state index in [9.17, 15) is 9.59 Å². The predicted molar refractivity (Wildman–Crippen MR) is 142 cm³/mol.